The molecule has 0 aliphatic rings. The van der Waals surface area contributed by atoms with Gasteiger partial charge in [0.1, 0.15) is 5.69 Å². The van der Waals surface area contributed by atoms with Crippen LogP contribution in [0.5, 0.6) is 0 Å². The van der Waals surface area contributed by atoms with Gasteiger partial charge in [-0.25, -0.2) is 0 Å². The lowest BCUT2D eigenvalue weighted by atomic mass is 10.1. The molecule has 0 saturated heterocycles. The van der Waals surface area contributed by atoms with Gasteiger partial charge in [-0.2, -0.15) is 0 Å². The molecule has 0 aliphatic heterocycles. The van der Waals surface area contributed by atoms with Gasteiger partial charge in [0.15, 0.2) is 0 Å². The average molecular weight is 281 g/mol. The molecule has 110 valence electrons. The van der Waals surface area contributed by atoms with Crippen molar-refractivity contribution in [3.63, 3.8) is 0 Å². The zero-order chi connectivity index (χ0) is 15.3. The highest BCUT2D eigenvalue weighted by molar-refractivity contribution is 5.95. The van der Waals surface area contributed by atoms with Crippen LogP contribution in [0.15, 0.2) is 18.2 Å². The highest BCUT2D eigenvalue weighted by atomic mass is 16.6. The van der Waals surface area contributed by atoms with Gasteiger partial charge in [0.05, 0.1) is 11.5 Å². The van der Waals surface area contributed by atoms with Crippen LogP contribution in [-0.4, -0.2) is 42.2 Å². The molecule has 0 spiro atoms. The van der Waals surface area contributed by atoms with E-state index < -0.39 is 4.92 Å². The van der Waals surface area contributed by atoms with Crippen LogP contribution in [0.25, 0.3) is 0 Å². The van der Waals surface area contributed by atoms with Crippen LogP contribution in [0, 0.1) is 10.1 Å². The van der Waals surface area contributed by atoms with E-state index in [0.29, 0.717) is 11.3 Å². The van der Waals surface area contributed by atoms with Crippen LogP contribution in [-0.2, 0) is 0 Å². The Hall–Kier alpha value is -2.15. The summed E-state index contributed by atoms with van der Waals surface area (Å²) in [6.07, 6.45) is 0. The third-order valence-corrected chi connectivity index (χ3v) is 2.94. The minimum absolute atomic E-state index is 0.0409. The van der Waals surface area contributed by atoms with E-state index in [4.69, 9.17) is 5.11 Å². The molecule has 0 bridgehead atoms. The minimum atomic E-state index is -0.490. The first-order chi connectivity index (χ1) is 9.42. The third-order valence-electron chi connectivity index (χ3n) is 2.94. The predicted octanol–water partition coefficient (Wildman–Crippen LogP) is 1.16. The molecule has 1 amide bonds. The molecular weight excluding hydrogens is 262 g/mol. The van der Waals surface area contributed by atoms with Gasteiger partial charge >= 0.3 is 0 Å². The largest absolute Gasteiger partial charge is 0.395 e. The number of nitrogens with zero attached hydrogens (tertiary/aromatic N) is 2. The smallest absolute Gasteiger partial charge is 0.292 e. The molecule has 0 heterocycles. The van der Waals surface area contributed by atoms with E-state index in [1.165, 1.54) is 25.2 Å². The Morgan fingerprint density at radius 1 is 1.50 bits per heavy atom. The number of rotatable bonds is 6. The Kier molecular flexibility index (Phi) is 5.45. The number of anilines is 1. The number of nitro benzene ring substituents is 1. The first-order valence-electron chi connectivity index (χ1n) is 6.30. The molecule has 0 saturated carbocycles. The molecule has 2 N–H and O–H groups in total. The van der Waals surface area contributed by atoms with Gasteiger partial charge in [-0.05, 0) is 26.0 Å². The van der Waals surface area contributed by atoms with Crippen LogP contribution < -0.4 is 10.2 Å². The fourth-order valence-corrected chi connectivity index (χ4v) is 1.96. The maximum atomic E-state index is 11.6. The number of nitro groups is 1. The van der Waals surface area contributed by atoms with Crippen molar-refractivity contribution >= 4 is 17.3 Å². The molecule has 7 heteroatoms. The van der Waals surface area contributed by atoms with Crippen molar-refractivity contribution in [3.05, 3.63) is 33.9 Å². The summed E-state index contributed by atoms with van der Waals surface area (Å²) in [6.45, 7) is 3.87. The number of hydrogen-bond acceptors (Lipinski definition) is 5. The number of aliphatic hydroxyl groups is 1. The molecule has 1 rings (SSSR count). The van der Waals surface area contributed by atoms with Crippen molar-refractivity contribution in [1.82, 2.24) is 5.32 Å². The zero-order valence-electron chi connectivity index (χ0n) is 11.8. The molecule has 0 unspecified atom stereocenters. The quantitative estimate of drug-likeness (QED) is 0.602. The first kappa shape index (κ1) is 15.9. The molecule has 20 heavy (non-hydrogen) atoms. The monoisotopic (exact) mass is 281 g/mol. The lowest BCUT2D eigenvalue weighted by Crippen LogP contribution is -2.34. The molecule has 0 aliphatic carbocycles. The second-order valence-corrected chi connectivity index (χ2v) is 4.55. The topological polar surface area (TPSA) is 95.7 Å². The number of benzene rings is 1. The molecule has 0 radical (unpaired) electrons. The van der Waals surface area contributed by atoms with E-state index in [0.717, 1.165) is 0 Å². The minimum Gasteiger partial charge on any atom is -0.395 e. The van der Waals surface area contributed by atoms with Crippen molar-refractivity contribution in [3.8, 4) is 0 Å². The molecule has 1 aromatic carbocycles. The van der Waals surface area contributed by atoms with E-state index in [1.807, 2.05) is 13.8 Å². The van der Waals surface area contributed by atoms with Gasteiger partial charge in [0, 0.05) is 31.3 Å². The number of carbonyl (C=O) groups is 1. The van der Waals surface area contributed by atoms with E-state index in [-0.39, 0.29) is 30.8 Å². The summed E-state index contributed by atoms with van der Waals surface area (Å²) >= 11 is 0. The molecular formula is C13H19N3O4. The molecule has 1 aromatic rings. The van der Waals surface area contributed by atoms with Crippen molar-refractivity contribution in [2.24, 2.45) is 0 Å². The van der Waals surface area contributed by atoms with Crippen molar-refractivity contribution in [2.45, 2.75) is 19.9 Å². The Morgan fingerprint density at radius 3 is 2.60 bits per heavy atom. The van der Waals surface area contributed by atoms with Crippen LogP contribution in [0.4, 0.5) is 11.4 Å². The Balaban J connectivity index is 3.36. The third kappa shape index (κ3) is 3.45. The molecule has 0 atom stereocenters. The van der Waals surface area contributed by atoms with Crippen molar-refractivity contribution in [1.29, 1.82) is 0 Å². The number of aliphatic hydroxyl groups excluding tert-OH is 1. The van der Waals surface area contributed by atoms with Gasteiger partial charge < -0.3 is 15.3 Å². The fraction of sp³-hybridized carbons (Fsp3) is 0.462. The van der Waals surface area contributed by atoms with Crippen molar-refractivity contribution in [2.75, 3.05) is 25.1 Å². The summed E-state index contributed by atoms with van der Waals surface area (Å²) in [7, 11) is 1.50. The van der Waals surface area contributed by atoms with E-state index in [2.05, 4.69) is 5.32 Å². The van der Waals surface area contributed by atoms with Crippen LogP contribution >= 0.6 is 0 Å². The Bertz CT molecular complexity index is 502. The maximum Gasteiger partial charge on any atom is 0.292 e. The summed E-state index contributed by atoms with van der Waals surface area (Å²) in [4.78, 5) is 24.0. The molecule has 0 aromatic heterocycles. The summed E-state index contributed by atoms with van der Waals surface area (Å²) in [6, 6.07) is 4.16. The highest BCUT2D eigenvalue weighted by Crippen LogP contribution is 2.30. The van der Waals surface area contributed by atoms with E-state index in [1.54, 1.807) is 4.90 Å². The standard InChI is InChI=1S/C13H19N3O4/c1-9(2)15(6-7-17)12-8-10(13(18)14-3)4-5-11(12)16(19)20/h4-5,8-9,17H,6-7H2,1-3H3,(H,14,18). The number of carbonyl (C=O) groups excluding carboxylic acids is 1. The average Bonchev–Trinajstić information content (AvgIpc) is 2.42. The molecule has 0 fully saturated rings. The van der Waals surface area contributed by atoms with Gasteiger partial charge in [-0.1, -0.05) is 0 Å². The van der Waals surface area contributed by atoms with Crippen LogP contribution in [0.2, 0.25) is 0 Å². The van der Waals surface area contributed by atoms with Gasteiger partial charge in [-0.3, -0.25) is 14.9 Å². The Labute approximate surface area is 117 Å². The Morgan fingerprint density at radius 2 is 2.15 bits per heavy atom. The number of amides is 1. The summed E-state index contributed by atoms with van der Waals surface area (Å²) in [5.41, 5.74) is 0.594. The van der Waals surface area contributed by atoms with E-state index >= 15 is 0 Å². The highest BCUT2D eigenvalue weighted by Gasteiger charge is 2.22. The SMILES string of the molecule is CNC(=O)c1ccc([N+](=O)[O-])c(N(CCO)C(C)C)c1. The van der Waals surface area contributed by atoms with Crippen LogP contribution in [0.1, 0.15) is 24.2 Å². The summed E-state index contributed by atoms with van der Waals surface area (Å²) in [5.74, 6) is -0.311. The lowest BCUT2D eigenvalue weighted by molar-refractivity contribution is -0.384. The fourth-order valence-electron chi connectivity index (χ4n) is 1.96. The first-order valence-corrected chi connectivity index (χ1v) is 6.30. The predicted molar refractivity (Wildman–Crippen MR) is 76.1 cm³/mol. The number of hydrogen-bond donors (Lipinski definition) is 2. The zero-order valence-corrected chi connectivity index (χ0v) is 11.8. The summed E-state index contributed by atoms with van der Waals surface area (Å²) in [5, 5.41) is 22.7. The number of nitrogens with one attached hydrogen (secondary N) is 1. The second kappa shape index (κ2) is 6.85. The second-order valence-electron chi connectivity index (χ2n) is 4.55. The maximum absolute atomic E-state index is 11.6. The molecule has 7 nitrogen and oxygen atoms in total. The van der Waals surface area contributed by atoms with Gasteiger partial charge in [-0.15, -0.1) is 0 Å². The van der Waals surface area contributed by atoms with Gasteiger partial charge in [0.25, 0.3) is 11.6 Å². The van der Waals surface area contributed by atoms with Gasteiger partial charge in [0.2, 0.25) is 0 Å². The van der Waals surface area contributed by atoms with E-state index in [9.17, 15) is 14.9 Å². The van der Waals surface area contributed by atoms with Crippen LogP contribution in [0.3, 0.4) is 0 Å². The van der Waals surface area contributed by atoms with Crippen molar-refractivity contribution < 1.29 is 14.8 Å². The summed E-state index contributed by atoms with van der Waals surface area (Å²) < 4.78 is 0. The lowest BCUT2D eigenvalue weighted by Gasteiger charge is -2.28. The normalized spacial score (nSPS) is 10.4.